The van der Waals surface area contributed by atoms with Crippen LogP contribution >= 0.6 is 35.4 Å². The number of carbonyl (C=O) groups is 3. The molecule has 11 heteroatoms. The summed E-state index contributed by atoms with van der Waals surface area (Å²) in [6.07, 6.45) is 0.410. The highest BCUT2D eigenvalue weighted by Crippen LogP contribution is 2.27. The van der Waals surface area contributed by atoms with E-state index < -0.39 is 11.8 Å². The molecule has 0 saturated heterocycles. The first kappa shape index (κ1) is 25.4. The van der Waals surface area contributed by atoms with Crippen LogP contribution < -0.4 is 26.2 Å². The van der Waals surface area contributed by atoms with E-state index in [9.17, 15) is 14.4 Å². The second-order valence-electron chi connectivity index (χ2n) is 7.04. The first-order valence-corrected chi connectivity index (χ1v) is 10.7. The summed E-state index contributed by atoms with van der Waals surface area (Å²) in [5.41, 5.74) is 5.71. The normalized spacial score (nSPS) is 10.3. The van der Waals surface area contributed by atoms with Crippen molar-refractivity contribution < 1.29 is 19.1 Å². The highest BCUT2D eigenvalue weighted by Gasteiger charge is 2.11. The zero-order chi connectivity index (χ0) is 23.7. The van der Waals surface area contributed by atoms with Crippen molar-refractivity contribution in [2.24, 2.45) is 5.92 Å². The number of nitrogens with one attached hydrogen (secondary N) is 4. The predicted molar refractivity (Wildman–Crippen MR) is 128 cm³/mol. The summed E-state index contributed by atoms with van der Waals surface area (Å²) in [6.45, 7) is 3.56. The van der Waals surface area contributed by atoms with Crippen LogP contribution in [0.5, 0.6) is 5.75 Å². The van der Waals surface area contributed by atoms with Crippen molar-refractivity contribution >= 4 is 63.9 Å². The maximum atomic E-state index is 12.2. The molecule has 4 N–H and O–H groups in total. The molecule has 8 nitrogen and oxygen atoms in total. The van der Waals surface area contributed by atoms with Gasteiger partial charge in [0.1, 0.15) is 5.75 Å². The van der Waals surface area contributed by atoms with E-state index in [0.717, 1.165) is 0 Å². The molecule has 2 rings (SSSR count). The van der Waals surface area contributed by atoms with Gasteiger partial charge in [-0.25, -0.2) is 0 Å². The number of carbonyl (C=O) groups excluding carboxylic acids is 3. The quantitative estimate of drug-likeness (QED) is 0.343. The number of anilines is 1. The first-order valence-electron chi connectivity index (χ1n) is 9.52. The van der Waals surface area contributed by atoms with Gasteiger partial charge in [-0.15, -0.1) is 0 Å². The second kappa shape index (κ2) is 12.2. The third-order valence-electron chi connectivity index (χ3n) is 3.82. The van der Waals surface area contributed by atoms with Crippen molar-refractivity contribution in [1.82, 2.24) is 16.2 Å². The van der Waals surface area contributed by atoms with Crippen molar-refractivity contribution in [3.05, 3.63) is 58.1 Å². The molecule has 32 heavy (non-hydrogen) atoms. The van der Waals surface area contributed by atoms with Gasteiger partial charge in [-0.05, 0) is 60.6 Å². The van der Waals surface area contributed by atoms with Crippen molar-refractivity contribution in [2.45, 2.75) is 20.3 Å². The fraction of sp³-hybridized carbons (Fsp3) is 0.238. The van der Waals surface area contributed by atoms with Crippen LogP contribution in [0.15, 0.2) is 42.5 Å². The number of halogens is 2. The largest absolute Gasteiger partial charge is 0.482 e. The number of thiocarbonyl (C=S) groups is 1. The lowest BCUT2D eigenvalue weighted by atomic mass is 10.1. The van der Waals surface area contributed by atoms with Gasteiger partial charge in [0.05, 0.1) is 5.02 Å². The predicted octanol–water partition coefficient (Wildman–Crippen LogP) is 3.69. The van der Waals surface area contributed by atoms with E-state index in [-0.39, 0.29) is 28.6 Å². The topological polar surface area (TPSA) is 109 Å². The summed E-state index contributed by atoms with van der Waals surface area (Å²) in [4.78, 5) is 35.9. The molecule has 0 heterocycles. The van der Waals surface area contributed by atoms with Crippen molar-refractivity contribution in [1.29, 1.82) is 0 Å². The molecule has 0 unspecified atom stereocenters. The Balaban J connectivity index is 1.75. The number of rotatable bonds is 7. The average molecular weight is 497 g/mol. The summed E-state index contributed by atoms with van der Waals surface area (Å²) in [5, 5.41) is 5.71. The van der Waals surface area contributed by atoms with E-state index in [0.29, 0.717) is 28.4 Å². The summed E-state index contributed by atoms with van der Waals surface area (Å²) < 4.78 is 5.30. The third-order valence-corrected chi connectivity index (χ3v) is 4.55. The summed E-state index contributed by atoms with van der Waals surface area (Å²) in [5.74, 6) is -0.586. The molecule has 0 spiro atoms. The Labute approximate surface area is 201 Å². The summed E-state index contributed by atoms with van der Waals surface area (Å²) >= 11 is 16.7. The van der Waals surface area contributed by atoms with Crippen molar-refractivity contribution in [2.75, 3.05) is 11.9 Å². The Bertz CT molecular complexity index is 1000. The highest BCUT2D eigenvalue weighted by atomic mass is 35.5. The molecule has 0 aliphatic rings. The zero-order valence-electron chi connectivity index (χ0n) is 17.3. The van der Waals surface area contributed by atoms with E-state index in [1.165, 1.54) is 12.1 Å². The van der Waals surface area contributed by atoms with E-state index >= 15 is 0 Å². The highest BCUT2D eigenvalue weighted by molar-refractivity contribution is 7.80. The maximum Gasteiger partial charge on any atom is 0.269 e. The monoisotopic (exact) mass is 496 g/mol. The number of hydrazine groups is 1. The van der Waals surface area contributed by atoms with Crippen LogP contribution in [0.3, 0.4) is 0 Å². The smallest absolute Gasteiger partial charge is 0.269 e. The lowest BCUT2D eigenvalue weighted by molar-refractivity contribution is -0.121. The molecule has 0 atom stereocenters. The van der Waals surface area contributed by atoms with Crippen LogP contribution in [-0.4, -0.2) is 29.4 Å². The molecular weight excluding hydrogens is 475 g/mol. The molecule has 2 aromatic carbocycles. The molecular formula is C21H22Cl2N4O4S. The molecule has 0 saturated carbocycles. The Morgan fingerprint density at radius 3 is 2.31 bits per heavy atom. The zero-order valence-corrected chi connectivity index (χ0v) is 19.7. The lowest BCUT2D eigenvalue weighted by Gasteiger charge is -2.12. The minimum absolute atomic E-state index is 0.0951. The van der Waals surface area contributed by atoms with Gasteiger partial charge in [-0.1, -0.05) is 37.0 Å². The Kier molecular flexibility index (Phi) is 9.70. The van der Waals surface area contributed by atoms with Gasteiger partial charge in [-0.2, -0.15) is 0 Å². The van der Waals surface area contributed by atoms with Crippen LogP contribution in [0, 0.1) is 5.92 Å². The molecule has 0 radical (unpaired) electrons. The molecule has 0 aliphatic carbocycles. The van der Waals surface area contributed by atoms with E-state index in [1.807, 2.05) is 13.8 Å². The molecule has 2 aromatic rings. The fourth-order valence-corrected chi connectivity index (χ4v) is 3.03. The van der Waals surface area contributed by atoms with Crippen LogP contribution in [-0.2, 0) is 9.59 Å². The molecule has 0 bridgehead atoms. The average Bonchev–Trinajstić information content (AvgIpc) is 2.71. The summed E-state index contributed by atoms with van der Waals surface area (Å²) in [6, 6.07) is 10.9. The Hall–Kier alpha value is -2.88. The number of hydrogen-bond donors (Lipinski definition) is 4. The number of hydrogen-bond acceptors (Lipinski definition) is 5. The molecule has 3 amide bonds. The van der Waals surface area contributed by atoms with Crippen LogP contribution in [0.4, 0.5) is 5.69 Å². The van der Waals surface area contributed by atoms with Gasteiger partial charge in [0.25, 0.3) is 11.8 Å². The Morgan fingerprint density at radius 2 is 1.69 bits per heavy atom. The fourth-order valence-electron chi connectivity index (χ4n) is 2.40. The first-order chi connectivity index (χ1) is 15.1. The lowest BCUT2D eigenvalue weighted by Crippen LogP contribution is -2.49. The van der Waals surface area contributed by atoms with Crippen LogP contribution in [0.1, 0.15) is 30.6 Å². The maximum absolute atomic E-state index is 12.2. The number of benzene rings is 2. The van der Waals surface area contributed by atoms with Gasteiger partial charge in [-0.3, -0.25) is 30.6 Å². The molecule has 0 fully saturated rings. The van der Waals surface area contributed by atoms with Gasteiger partial charge in [0.2, 0.25) is 5.91 Å². The minimum Gasteiger partial charge on any atom is -0.482 e. The standard InChI is InChI=1S/C21H22Cl2N4O4S/c1-12(2)9-18(28)24-15-6-3-13(4-7-15)20(30)26-27-21(32)25-19(29)11-31-17-8-5-14(22)10-16(17)23/h3-8,10,12H,9,11H2,1-2H3,(H,24,28)(H,26,30)(H2,25,27,29,32). The summed E-state index contributed by atoms with van der Waals surface area (Å²) in [7, 11) is 0. The SMILES string of the molecule is CC(C)CC(=O)Nc1ccc(C(=O)NNC(=S)NC(=O)COc2ccc(Cl)cc2Cl)cc1. The molecule has 0 aromatic heterocycles. The number of ether oxygens (including phenoxy) is 1. The second-order valence-corrected chi connectivity index (χ2v) is 8.30. The number of amides is 3. The Morgan fingerprint density at radius 1 is 1.00 bits per heavy atom. The van der Waals surface area contributed by atoms with E-state index in [2.05, 4.69) is 21.5 Å². The van der Waals surface area contributed by atoms with Crippen LogP contribution in [0.25, 0.3) is 0 Å². The van der Waals surface area contributed by atoms with Gasteiger partial charge in [0.15, 0.2) is 11.7 Å². The molecule has 0 aliphatic heterocycles. The van der Waals surface area contributed by atoms with E-state index in [1.54, 1.807) is 30.3 Å². The van der Waals surface area contributed by atoms with Crippen LogP contribution in [0.2, 0.25) is 10.0 Å². The minimum atomic E-state index is -0.552. The van der Waals surface area contributed by atoms with Gasteiger partial charge in [0, 0.05) is 22.7 Å². The van der Waals surface area contributed by atoms with Gasteiger partial charge < -0.3 is 10.1 Å². The molecule has 170 valence electrons. The van der Waals surface area contributed by atoms with Crippen molar-refractivity contribution in [3.8, 4) is 5.75 Å². The third kappa shape index (κ3) is 8.70. The van der Waals surface area contributed by atoms with Crippen molar-refractivity contribution in [3.63, 3.8) is 0 Å². The van der Waals surface area contributed by atoms with Gasteiger partial charge >= 0.3 is 0 Å². The van der Waals surface area contributed by atoms with E-state index in [4.69, 9.17) is 40.2 Å².